The van der Waals surface area contributed by atoms with Crippen LogP contribution in [0, 0.1) is 5.82 Å². The van der Waals surface area contributed by atoms with Gasteiger partial charge < -0.3 is 10.4 Å². The summed E-state index contributed by atoms with van der Waals surface area (Å²) in [5, 5.41) is 12.3. The van der Waals surface area contributed by atoms with Gasteiger partial charge in [-0.3, -0.25) is 9.69 Å². The Labute approximate surface area is 134 Å². The molecule has 2 aromatic carbocycles. The van der Waals surface area contributed by atoms with E-state index in [-0.39, 0.29) is 30.8 Å². The minimum absolute atomic E-state index is 0.0516. The molecule has 0 aromatic heterocycles. The number of hydrogen-bond acceptors (Lipinski definition) is 3. The lowest BCUT2D eigenvalue weighted by Crippen LogP contribution is -2.42. The van der Waals surface area contributed by atoms with Crippen LogP contribution in [0.15, 0.2) is 48.5 Å². The Morgan fingerprint density at radius 3 is 2.74 bits per heavy atom. The van der Waals surface area contributed by atoms with Gasteiger partial charge in [-0.15, -0.1) is 0 Å². The number of rotatable bonds is 4. The Hall–Kier alpha value is -2.24. The summed E-state index contributed by atoms with van der Waals surface area (Å²) in [7, 11) is 0. The highest BCUT2D eigenvalue weighted by atomic mass is 19.1. The highest BCUT2D eigenvalue weighted by Crippen LogP contribution is 2.29. The second-order valence-corrected chi connectivity index (χ2v) is 5.65. The maximum atomic E-state index is 13.6. The number of halogens is 1. The first-order valence-corrected chi connectivity index (χ1v) is 7.66. The summed E-state index contributed by atoms with van der Waals surface area (Å²) in [4.78, 5) is 14.1. The first-order chi connectivity index (χ1) is 11.2. The van der Waals surface area contributed by atoms with Gasteiger partial charge in [0.1, 0.15) is 5.82 Å². The molecular weight excluding hydrogens is 295 g/mol. The molecule has 0 aliphatic carbocycles. The molecule has 2 N–H and O–H groups in total. The number of hydrogen-bond donors (Lipinski definition) is 2. The van der Waals surface area contributed by atoms with Gasteiger partial charge in [0, 0.05) is 6.54 Å². The van der Waals surface area contributed by atoms with Crippen LogP contribution in [0.2, 0.25) is 0 Å². The van der Waals surface area contributed by atoms with Gasteiger partial charge in [0.2, 0.25) is 5.91 Å². The third-order valence-corrected chi connectivity index (χ3v) is 4.19. The summed E-state index contributed by atoms with van der Waals surface area (Å²) < 4.78 is 13.6. The number of nitrogens with zero attached hydrogens (tertiary/aromatic N) is 1. The van der Waals surface area contributed by atoms with E-state index in [1.807, 2.05) is 23.1 Å². The van der Waals surface area contributed by atoms with Crippen LogP contribution in [-0.2, 0) is 11.2 Å². The second-order valence-electron chi connectivity index (χ2n) is 5.65. The molecule has 120 valence electrons. The van der Waals surface area contributed by atoms with Crippen molar-refractivity contribution >= 4 is 11.6 Å². The maximum absolute atomic E-state index is 13.6. The molecule has 23 heavy (non-hydrogen) atoms. The number of amides is 1. The van der Waals surface area contributed by atoms with Crippen molar-refractivity contribution in [3.8, 4) is 0 Å². The van der Waals surface area contributed by atoms with Crippen LogP contribution in [0.25, 0.3) is 0 Å². The Morgan fingerprint density at radius 1 is 1.22 bits per heavy atom. The summed E-state index contributed by atoms with van der Waals surface area (Å²) in [6, 6.07) is 13.8. The molecule has 1 aliphatic heterocycles. The number of carbonyl (C=O) groups is 1. The first-order valence-electron chi connectivity index (χ1n) is 7.66. The minimum atomic E-state index is -0.455. The van der Waals surface area contributed by atoms with Gasteiger partial charge in [0.05, 0.1) is 24.9 Å². The van der Waals surface area contributed by atoms with E-state index in [1.54, 1.807) is 12.1 Å². The number of nitrogens with one attached hydrogen (secondary N) is 1. The molecule has 1 aliphatic rings. The van der Waals surface area contributed by atoms with Crippen molar-refractivity contribution in [1.29, 1.82) is 0 Å². The van der Waals surface area contributed by atoms with Crippen LogP contribution in [0.4, 0.5) is 10.1 Å². The molecule has 5 heteroatoms. The quantitative estimate of drug-likeness (QED) is 0.911. The standard InChI is InChI=1S/C18H19FN2O2/c19-15-7-3-4-8-16(15)20-18(23)11-21-10-9-13-5-1-2-6-14(13)17(21)12-22/h1-8,17,22H,9-12H2,(H,20,23). The molecule has 2 aromatic rings. The Morgan fingerprint density at radius 2 is 1.96 bits per heavy atom. The topological polar surface area (TPSA) is 52.6 Å². The molecule has 0 saturated heterocycles. The molecule has 0 bridgehead atoms. The summed E-state index contributed by atoms with van der Waals surface area (Å²) in [5.41, 5.74) is 2.44. The lowest BCUT2D eigenvalue weighted by Gasteiger charge is -2.35. The van der Waals surface area contributed by atoms with Gasteiger partial charge in [-0.2, -0.15) is 0 Å². The van der Waals surface area contributed by atoms with E-state index in [4.69, 9.17) is 0 Å². The molecule has 1 atom stereocenters. The van der Waals surface area contributed by atoms with Crippen molar-refractivity contribution in [3.05, 3.63) is 65.5 Å². The van der Waals surface area contributed by atoms with Gasteiger partial charge in [-0.05, 0) is 29.7 Å². The van der Waals surface area contributed by atoms with Crippen molar-refractivity contribution in [2.24, 2.45) is 0 Å². The van der Waals surface area contributed by atoms with Crippen LogP contribution in [-0.4, -0.2) is 35.6 Å². The Kier molecular flexibility index (Phi) is 4.69. The average Bonchev–Trinajstić information content (AvgIpc) is 2.57. The predicted molar refractivity (Wildman–Crippen MR) is 86.6 cm³/mol. The first kappa shape index (κ1) is 15.6. The van der Waals surface area contributed by atoms with Crippen LogP contribution >= 0.6 is 0 Å². The average molecular weight is 314 g/mol. The van der Waals surface area contributed by atoms with Gasteiger partial charge >= 0.3 is 0 Å². The normalized spacial score (nSPS) is 17.6. The number of aliphatic hydroxyl groups is 1. The molecule has 1 heterocycles. The lowest BCUT2D eigenvalue weighted by molar-refractivity contribution is -0.118. The van der Waals surface area contributed by atoms with Crippen molar-refractivity contribution in [2.75, 3.05) is 25.0 Å². The smallest absolute Gasteiger partial charge is 0.238 e. The number of para-hydroxylation sites is 1. The van der Waals surface area contributed by atoms with Gasteiger partial charge in [0.25, 0.3) is 0 Å². The minimum Gasteiger partial charge on any atom is -0.394 e. The molecule has 1 unspecified atom stereocenters. The van der Waals surface area contributed by atoms with Gasteiger partial charge in [-0.25, -0.2) is 4.39 Å². The van der Waals surface area contributed by atoms with Crippen molar-refractivity contribution in [2.45, 2.75) is 12.5 Å². The van der Waals surface area contributed by atoms with E-state index < -0.39 is 5.82 Å². The van der Waals surface area contributed by atoms with Crippen LogP contribution in [0.3, 0.4) is 0 Å². The molecule has 4 nitrogen and oxygen atoms in total. The monoisotopic (exact) mass is 314 g/mol. The van der Waals surface area contributed by atoms with E-state index in [0.717, 1.165) is 12.0 Å². The summed E-state index contributed by atoms with van der Waals surface area (Å²) in [5.74, 6) is -0.739. The predicted octanol–water partition coefficient (Wildman–Crippen LogP) is 2.36. The number of carbonyl (C=O) groups excluding carboxylic acids is 1. The van der Waals surface area contributed by atoms with E-state index >= 15 is 0 Å². The van der Waals surface area contributed by atoms with Crippen LogP contribution in [0.5, 0.6) is 0 Å². The fourth-order valence-corrected chi connectivity index (χ4v) is 3.04. The molecular formula is C18H19FN2O2. The highest BCUT2D eigenvalue weighted by molar-refractivity contribution is 5.92. The fourth-order valence-electron chi connectivity index (χ4n) is 3.04. The van der Waals surface area contributed by atoms with Gasteiger partial charge in [-0.1, -0.05) is 36.4 Å². The molecule has 1 amide bonds. The maximum Gasteiger partial charge on any atom is 0.238 e. The number of anilines is 1. The summed E-state index contributed by atoms with van der Waals surface area (Å²) in [6.07, 6.45) is 0.833. The number of fused-ring (bicyclic) bond motifs is 1. The largest absolute Gasteiger partial charge is 0.394 e. The van der Waals surface area contributed by atoms with Gasteiger partial charge in [0.15, 0.2) is 0 Å². The number of benzene rings is 2. The molecule has 0 spiro atoms. The van der Waals surface area contributed by atoms with Crippen molar-refractivity contribution < 1.29 is 14.3 Å². The zero-order valence-corrected chi connectivity index (χ0v) is 12.7. The fraction of sp³-hybridized carbons (Fsp3) is 0.278. The van der Waals surface area contributed by atoms with Crippen LogP contribution < -0.4 is 5.32 Å². The van der Waals surface area contributed by atoms with Crippen molar-refractivity contribution in [3.63, 3.8) is 0 Å². The lowest BCUT2D eigenvalue weighted by atomic mass is 9.93. The molecule has 0 fully saturated rings. The van der Waals surface area contributed by atoms with E-state index in [1.165, 1.54) is 17.7 Å². The second kappa shape index (κ2) is 6.89. The van der Waals surface area contributed by atoms with Crippen molar-refractivity contribution in [1.82, 2.24) is 4.90 Å². The number of aliphatic hydroxyl groups excluding tert-OH is 1. The Balaban J connectivity index is 1.70. The van der Waals surface area contributed by atoms with Crippen LogP contribution in [0.1, 0.15) is 17.2 Å². The van der Waals surface area contributed by atoms with E-state index in [9.17, 15) is 14.3 Å². The van der Waals surface area contributed by atoms with E-state index in [0.29, 0.717) is 6.54 Å². The molecule has 3 rings (SSSR count). The highest BCUT2D eigenvalue weighted by Gasteiger charge is 2.27. The zero-order valence-electron chi connectivity index (χ0n) is 12.7. The third kappa shape index (κ3) is 3.41. The molecule has 0 saturated carbocycles. The zero-order chi connectivity index (χ0) is 16.2. The third-order valence-electron chi connectivity index (χ3n) is 4.19. The van der Waals surface area contributed by atoms with E-state index in [2.05, 4.69) is 11.4 Å². The molecule has 0 radical (unpaired) electrons. The Bertz CT molecular complexity index is 705. The SMILES string of the molecule is O=C(CN1CCc2ccccc2C1CO)Nc1ccccc1F. The summed E-state index contributed by atoms with van der Waals surface area (Å²) >= 11 is 0. The summed E-state index contributed by atoms with van der Waals surface area (Å²) in [6.45, 7) is 0.755.